The highest BCUT2D eigenvalue weighted by atomic mass is 32.2. The van der Waals surface area contributed by atoms with Gasteiger partial charge in [0, 0.05) is 6.54 Å². The number of terminal acetylenes is 1. The van der Waals surface area contributed by atoms with Gasteiger partial charge in [-0.2, -0.15) is 0 Å². The molecule has 0 aromatic heterocycles. The van der Waals surface area contributed by atoms with Gasteiger partial charge in [0.25, 0.3) is 0 Å². The van der Waals surface area contributed by atoms with E-state index in [9.17, 15) is 8.42 Å². The summed E-state index contributed by atoms with van der Waals surface area (Å²) in [5.74, 6) is 2.42. The van der Waals surface area contributed by atoms with Crippen LogP contribution < -0.4 is 5.32 Å². The van der Waals surface area contributed by atoms with Crippen LogP contribution in [0.5, 0.6) is 0 Å². The Morgan fingerprint density at radius 1 is 1.35 bits per heavy atom. The zero-order chi connectivity index (χ0) is 12.9. The van der Waals surface area contributed by atoms with Crippen LogP contribution in [-0.4, -0.2) is 26.8 Å². The third kappa shape index (κ3) is 3.58. The summed E-state index contributed by atoms with van der Waals surface area (Å²) >= 11 is 0. The van der Waals surface area contributed by atoms with Gasteiger partial charge in [0.05, 0.1) is 16.7 Å². The minimum absolute atomic E-state index is 0.359. The molecule has 0 aliphatic heterocycles. The van der Waals surface area contributed by atoms with E-state index in [-0.39, 0.29) is 0 Å². The van der Waals surface area contributed by atoms with Crippen LogP contribution in [-0.2, 0) is 9.84 Å². The van der Waals surface area contributed by atoms with E-state index < -0.39 is 15.1 Å². The zero-order valence-corrected chi connectivity index (χ0v) is 10.9. The van der Waals surface area contributed by atoms with E-state index in [2.05, 4.69) is 11.2 Å². The van der Waals surface area contributed by atoms with Crippen molar-refractivity contribution < 1.29 is 8.42 Å². The SMILES string of the molecule is C#CCNCC(C)S(=O)(=O)c1ccc(C)cc1. The molecule has 1 aromatic carbocycles. The molecule has 0 amide bonds. The Morgan fingerprint density at radius 2 is 1.94 bits per heavy atom. The quantitative estimate of drug-likeness (QED) is 0.635. The van der Waals surface area contributed by atoms with E-state index >= 15 is 0 Å². The van der Waals surface area contributed by atoms with Crippen LogP contribution in [0.4, 0.5) is 0 Å². The van der Waals surface area contributed by atoms with Gasteiger partial charge in [0.2, 0.25) is 0 Å². The molecule has 1 N–H and O–H groups in total. The topological polar surface area (TPSA) is 46.2 Å². The van der Waals surface area contributed by atoms with Gasteiger partial charge in [-0.25, -0.2) is 8.42 Å². The maximum atomic E-state index is 12.1. The lowest BCUT2D eigenvalue weighted by atomic mass is 10.2. The Labute approximate surface area is 103 Å². The predicted octanol–water partition coefficient (Wildman–Crippen LogP) is 1.38. The van der Waals surface area contributed by atoms with Crippen molar-refractivity contribution in [3.63, 3.8) is 0 Å². The smallest absolute Gasteiger partial charge is 0.182 e. The van der Waals surface area contributed by atoms with Gasteiger partial charge in [-0.3, -0.25) is 0 Å². The minimum Gasteiger partial charge on any atom is -0.305 e. The Bertz CT molecular complexity index is 497. The summed E-state index contributed by atoms with van der Waals surface area (Å²) in [6.45, 7) is 4.35. The monoisotopic (exact) mass is 251 g/mol. The summed E-state index contributed by atoms with van der Waals surface area (Å²) in [6.07, 6.45) is 5.09. The fourth-order valence-electron chi connectivity index (χ4n) is 1.42. The predicted molar refractivity (Wildman–Crippen MR) is 69.5 cm³/mol. The second kappa shape index (κ2) is 5.85. The highest BCUT2D eigenvalue weighted by Gasteiger charge is 2.22. The molecule has 0 saturated heterocycles. The van der Waals surface area contributed by atoms with E-state index in [0.29, 0.717) is 18.0 Å². The first kappa shape index (κ1) is 13.8. The van der Waals surface area contributed by atoms with Crippen molar-refractivity contribution in [2.45, 2.75) is 24.0 Å². The van der Waals surface area contributed by atoms with E-state index in [0.717, 1.165) is 5.56 Å². The van der Waals surface area contributed by atoms with Gasteiger partial charge >= 0.3 is 0 Å². The molecule has 17 heavy (non-hydrogen) atoms. The number of hydrogen-bond donors (Lipinski definition) is 1. The highest BCUT2D eigenvalue weighted by molar-refractivity contribution is 7.92. The maximum Gasteiger partial charge on any atom is 0.182 e. The highest BCUT2D eigenvalue weighted by Crippen LogP contribution is 2.16. The zero-order valence-electron chi connectivity index (χ0n) is 10.1. The summed E-state index contributed by atoms with van der Waals surface area (Å²) in [4.78, 5) is 0.359. The van der Waals surface area contributed by atoms with Crippen molar-refractivity contribution in [3.05, 3.63) is 29.8 Å². The van der Waals surface area contributed by atoms with Crippen LogP contribution in [0.3, 0.4) is 0 Å². The van der Waals surface area contributed by atoms with E-state index in [1.165, 1.54) is 0 Å². The molecule has 0 radical (unpaired) electrons. The normalized spacial score (nSPS) is 13.0. The molecular formula is C13H17NO2S. The number of aryl methyl sites for hydroxylation is 1. The summed E-state index contributed by atoms with van der Waals surface area (Å²) in [7, 11) is -3.27. The summed E-state index contributed by atoms with van der Waals surface area (Å²) < 4.78 is 24.3. The number of sulfone groups is 1. The molecule has 0 spiro atoms. The Balaban J connectivity index is 2.81. The molecule has 0 fully saturated rings. The first-order valence-electron chi connectivity index (χ1n) is 5.43. The summed E-state index contributed by atoms with van der Waals surface area (Å²) in [6, 6.07) is 6.88. The number of benzene rings is 1. The van der Waals surface area contributed by atoms with Gasteiger partial charge < -0.3 is 5.32 Å². The Kier molecular flexibility index (Phi) is 4.73. The molecule has 92 valence electrons. The fraction of sp³-hybridized carbons (Fsp3) is 0.385. The summed E-state index contributed by atoms with van der Waals surface area (Å²) in [5.41, 5.74) is 1.04. The van der Waals surface area contributed by atoms with E-state index in [4.69, 9.17) is 6.42 Å². The number of nitrogens with one attached hydrogen (secondary N) is 1. The molecule has 0 bridgehead atoms. The van der Waals surface area contributed by atoms with Crippen LogP contribution in [0, 0.1) is 19.3 Å². The molecule has 4 heteroatoms. The molecule has 0 aliphatic carbocycles. The third-order valence-electron chi connectivity index (χ3n) is 2.54. The molecule has 1 aromatic rings. The second-order valence-corrected chi connectivity index (χ2v) is 6.37. The van der Waals surface area contributed by atoms with Gasteiger partial charge in [-0.15, -0.1) is 6.42 Å². The van der Waals surface area contributed by atoms with Crippen molar-refractivity contribution in [1.29, 1.82) is 0 Å². The lowest BCUT2D eigenvalue weighted by Crippen LogP contribution is -2.31. The Hall–Kier alpha value is -1.31. The second-order valence-electron chi connectivity index (χ2n) is 4.00. The molecule has 1 rings (SSSR count). The van der Waals surface area contributed by atoms with Gasteiger partial charge in [0.15, 0.2) is 9.84 Å². The van der Waals surface area contributed by atoms with Gasteiger partial charge in [-0.05, 0) is 26.0 Å². The van der Waals surface area contributed by atoms with Crippen molar-refractivity contribution in [2.75, 3.05) is 13.1 Å². The number of hydrogen-bond acceptors (Lipinski definition) is 3. The molecular weight excluding hydrogens is 234 g/mol. The van der Waals surface area contributed by atoms with Crippen LogP contribution >= 0.6 is 0 Å². The third-order valence-corrected chi connectivity index (χ3v) is 4.69. The van der Waals surface area contributed by atoms with Crippen molar-refractivity contribution in [2.24, 2.45) is 0 Å². The van der Waals surface area contributed by atoms with Gasteiger partial charge in [-0.1, -0.05) is 23.6 Å². The van der Waals surface area contributed by atoms with Gasteiger partial charge in [0.1, 0.15) is 0 Å². The molecule has 1 unspecified atom stereocenters. The lowest BCUT2D eigenvalue weighted by Gasteiger charge is -2.13. The molecule has 3 nitrogen and oxygen atoms in total. The van der Waals surface area contributed by atoms with Crippen LogP contribution in [0.2, 0.25) is 0 Å². The number of rotatable bonds is 5. The Morgan fingerprint density at radius 3 is 2.47 bits per heavy atom. The van der Waals surface area contributed by atoms with Crippen LogP contribution in [0.25, 0.3) is 0 Å². The van der Waals surface area contributed by atoms with Crippen molar-refractivity contribution >= 4 is 9.84 Å². The van der Waals surface area contributed by atoms with Crippen molar-refractivity contribution in [3.8, 4) is 12.3 Å². The standard InChI is InChI=1S/C13H17NO2S/c1-4-9-14-10-12(3)17(15,16)13-7-5-11(2)6-8-13/h1,5-8,12,14H,9-10H2,2-3H3. The van der Waals surface area contributed by atoms with E-state index in [1.54, 1.807) is 31.2 Å². The van der Waals surface area contributed by atoms with Crippen LogP contribution in [0.15, 0.2) is 29.2 Å². The molecule has 0 aliphatic rings. The summed E-state index contributed by atoms with van der Waals surface area (Å²) in [5, 5.41) is 2.42. The molecule has 1 atom stereocenters. The lowest BCUT2D eigenvalue weighted by molar-refractivity contribution is 0.576. The average Bonchev–Trinajstić information content (AvgIpc) is 2.29. The molecule has 0 saturated carbocycles. The maximum absolute atomic E-state index is 12.1. The van der Waals surface area contributed by atoms with Crippen LogP contribution in [0.1, 0.15) is 12.5 Å². The fourth-order valence-corrected chi connectivity index (χ4v) is 2.73. The largest absolute Gasteiger partial charge is 0.305 e. The first-order chi connectivity index (χ1) is 7.98. The molecule has 0 heterocycles. The average molecular weight is 251 g/mol. The minimum atomic E-state index is -3.27. The van der Waals surface area contributed by atoms with E-state index in [1.807, 2.05) is 6.92 Å². The first-order valence-corrected chi connectivity index (χ1v) is 6.98. The van der Waals surface area contributed by atoms with Crippen molar-refractivity contribution in [1.82, 2.24) is 5.32 Å².